The van der Waals surface area contributed by atoms with E-state index in [-0.39, 0.29) is 12.0 Å². The van der Waals surface area contributed by atoms with Crippen LogP contribution in [-0.2, 0) is 0 Å². The number of nitriles is 1. The van der Waals surface area contributed by atoms with Crippen molar-refractivity contribution in [1.29, 1.82) is 5.26 Å². The van der Waals surface area contributed by atoms with Crippen LogP contribution in [0.5, 0.6) is 0 Å². The van der Waals surface area contributed by atoms with E-state index in [9.17, 15) is 5.26 Å². The third-order valence-corrected chi connectivity index (χ3v) is 3.40. The van der Waals surface area contributed by atoms with E-state index in [1.807, 2.05) is 36.4 Å². The van der Waals surface area contributed by atoms with Crippen molar-refractivity contribution in [2.24, 2.45) is 0 Å². The van der Waals surface area contributed by atoms with Crippen molar-refractivity contribution in [3.05, 3.63) is 71.8 Å². The molecule has 0 aromatic heterocycles. The van der Waals surface area contributed by atoms with Gasteiger partial charge in [-0.25, -0.2) is 0 Å². The van der Waals surface area contributed by atoms with Crippen molar-refractivity contribution in [2.75, 3.05) is 6.54 Å². The van der Waals surface area contributed by atoms with Crippen LogP contribution in [0.2, 0.25) is 0 Å². The summed E-state index contributed by atoms with van der Waals surface area (Å²) in [5.41, 5.74) is 2.35. The molecule has 1 unspecified atom stereocenters. The molecule has 1 N–H and O–H groups in total. The van der Waals surface area contributed by atoms with E-state index in [1.54, 1.807) is 0 Å². The molecule has 2 nitrogen and oxygen atoms in total. The maximum atomic E-state index is 9.53. The minimum atomic E-state index is -0.209. The Kier molecular flexibility index (Phi) is 5.34. The van der Waals surface area contributed by atoms with Gasteiger partial charge in [0.25, 0.3) is 0 Å². The zero-order valence-electron chi connectivity index (χ0n) is 11.8. The summed E-state index contributed by atoms with van der Waals surface area (Å²) in [4.78, 5) is 0. The minimum Gasteiger partial charge on any atom is -0.301 e. The summed E-state index contributed by atoms with van der Waals surface area (Å²) in [6.07, 6.45) is 1.02. The largest absolute Gasteiger partial charge is 0.301 e. The SMILES string of the molecule is CCCNC(C#N)C(c1ccccc1)c1ccccc1. The molecule has 0 bridgehead atoms. The van der Waals surface area contributed by atoms with Crippen LogP contribution < -0.4 is 5.32 Å². The van der Waals surface area contributed by atoms with Crippen LogP contribution in [-0.4, -0.2) is 12.6 Å². The lowest BCUT2D eigenvalue weighted by Gasteiger charge is -2.24. The van der Waals surface area contributed by atoms with Crippen molar-refractivity contribution < 1.29 is 0 Å². The fourth-order valence-corrected chi connectivity index (χ4v) is 2.44. The highest BCUT2D eigenvalue weighted by atomic mass is 14.9. The molecule has 0 aliphatic heterocycles. The number of nitrogens with one attached hydrogen (secondary N) is 1. The summed E-state index contributed by atoms with van der Waals surface area (Å²) < 4.78 is 0. The summed E-state index contributed by atoms with van der Waals surface area (Å²) in [6.45, 7) is 2.97. The summed E-state index contributed by atoms with van der Waals surface area (Å²) in [5, 5.41) is 12.9. The maximum absolute atomic E-state index is 9.53. The zero-order chi connectivity index (χ0) is 14.2. The first kappa shape index (κ1) is 14.3. The molecule has 0 fully saturated rings. The van der Waals surface area contributed by atoms with Gasteiger partial charge in [0.1, 0.15) is 6.04 Å². The molecule has 0 spiro atoms. The highest BCUT2D eigenvalue weighted by molar-refractivity contribution is 5.36. The van der Waals surface area contributed by atoms with Crippen LogP contribution in [0.25, 0.3) is 0 Å². The van der Waals surface area contributed by atoms with Crippen LogP contribution in [0.1, 0.15) is 30.4 Å². The highest BCUT2D eigenvalue weighted by Gasteiger charge is 2.23. The van der Waals surface area contributed by atoms with Crippen molar-refractivity contribution >= 4 is 0 Å². The van der Waals surface area contributed by atoms with Crippen LogP contribution in [0.4, 0.5) is 0 Å². The first-order valence-electron chi connectivity index (χ1n) is 7.09. The van der Waals surface area contributed by atoms with Gasteiger partial charge in [-0.05, 0) is 24.1 Å². The third-order valence-electron chi connectivity index (χ3n) is 3.40. The van der Waals surface area contributed by atoms with E-state index in [4.69, 9.17) is 0 Å². The van der Waals surface area contributed by atoms with Crippen molar-refractivity contribution in [1.82, 2.24) is 5.32 Å². The quantitative estimate of drug-likeness (QED) is 0.863. The van der Waals surface area contributed by atoms with Gasteiger partial charge in [-0.15, -0.1) is 0 Å². The molecule has 0 heterocycles. The van der Waals surface area contributed by atoms with Gasteiger partial charge in [-0.2, -0.15) is 5.26 Å². The molecule has 2 aromatic carbocycles. The van der Waals surface area contributed by atoms with E-state index >= 15 is 0 Å². The molecule has 0 amide bonds. The standard InChI is InChI=1S/C18H20N2/c1-2-13-20-17(14-19)18(15-9-5-3-6-10-15)16-11-7-4-8-12-16/h3-12,17-18,20H,2,13H2,1H3. The van der Waals surface area contributed by atoms with Crippen LogP contribution in [0.15, 0.2) is 60.7 Å². The number of benzene rings is 2. The van der Waals surface area contributed by atoms with E-state index in [1.165, 1.54) is 11.1 Å². The van der Waals surface area contributed by atoms with Crippen molar-refractivity contribution in [2.45, 2.75) is 25.3 Å². The molecular weight excluding hydrogens is 244 g/mol. The Morgan fingerprint density at radius 1 is 0.950 bits per heavy atom. The topological polar surface area (TPSA) is 35.8 Å². The molecule has 2 aromatic rings. The second kappa shape index (κ2) is 7.47. The fourth-order valence-electron chi connectivity index (χ4n) is 2.44. The highest BCUT2D eigenvalue weighted by Crippen LogP contribution is 2.27. The molecule has 1 atom stereocenters. The number of nitrogens with zero attached hydrogens (tertiary/aromatic N) is 1. The molecule has 0 aliphatic rings. The molecule has 0 radical (unpaired) electrons. The van der Waals surface area contributed by atoms with E-state index in [0.29, 0.717) is 0 Å². The Balaban J connectivity index is 2.37. The lowest BCUT2D eigenvalue weighted by molar-refractivity contribution is 0.547. The third kappa shape index (κ3) is 3.46. The summed E-state index contributed by atoms with van der Waals surface area (Å²) >= 11 is 0. The monoisotopic (exact) mass is 264 g/mol. The second-order valence-electron chi connectivity index (χ2n) is 4.86. The van der Waals surface area contributed by atoms with Gasteiger partial charge < -0.3 is 5.32 Å². The molecule has 2 heteroatoms. The van der Waals surface area contributed by atoms with Crippen molar-refractivity contribution in [3.63, 3.8) is 0 Å². The van der Waals surface area contributed by atoms with Gasteiger partial charge in [0.2, 0.25) is 0 Å². The Labute approximate surface area is 121 Å². The predicted molar refractivity (Wildman–Crippen MR) is 82.4 cm³/mol. The number of rotatable bonds is 6. The maximum Gasteiger partial charge on any atom is 0.106 e. The summed E-state index contributed by atoms with van der Waals surface area (Å²) in [6, 6.07) is 22.7. The van der Waals surface area contributed by atoms with Crippen LogP contribution in [0, 0.1) is 11.3 Å². The van der Waals surface area contributed by atoms with Crippen molar-refractivity contribution in [3.8, 4) is 6.07 Å². The molecule has 0 saturated carbocycles. The molecule has 102 valence electrons. The molecule has 0 saturated heterocycles. The fraction of sp³-hybridized carbons (Fsp3) is 0.278. The molecule has 20 heavy (non-hydrogen) atoms. The van der Waals surface area contributed by atoms with E-state index < -0.39 is 0 Å². The molecular formula is C18H20N2. The zero-order valence-corrected chi connectivity index (χ0v) is 11.8. The van der Waals surface area contributed by atoms with Crippen LogP contribution in [0.3, 0.4) is 0 Å². The lowest BCUT2D eigenvalue weighted by Crippen LogP contribution is -2.34. The van der Waals surface area contributed by atoms with Gasteiger partial charge in [0, 0.05) is 5.92 Å². The van der Waals surface area contributed by atoms with Gasteiger partial charge >= 0.3 is 0 Å². The average molecular weight is 264 g/mol. The summed E-state index contributed by atoms with van der Waals surface area (Å²) in [7, 11) is 0. The number of hydrogen-bond donors (Lipinski definition) is 1. The Hall–Kier alpha value is -2.11. The number of hydrogen-bond acceptors (Lipinski definition) is 2. The minimum absolute atomic E-state index is 0.0638. The van der Waals surface area contributed by atoms with E-state index in [2.05, 4.69) is 42.6 Å². The first-order valence-corrected chi connectivity index (χ1v) is 7.09. The second-order valence-corrected chi connectivity index (χ2v) is 4.86. The smallest absolute Gasteiger partial charge is 0.106 e. The Morgan fingerprint density at radius 2 is 1.45 bits per heavy atom. The molecule has 0 aliphatic carbocycles. The average Bonchev–Trinajstić information content (AvgIpc) is 2.53. The normalized spacial score (nSPS) is 12.1. The van der Waals surface area contributed by atoms with Gasteiger partial charge in [-0.3, -0.25) is 0 Å². The molecule has 2 rings (SSSR count). The summed E-state index contributed by atoms with van der Waals surface area (Å²) in [5.74, 6) is 0.0638. The van der Waals surface area contributed by atoms with Gasteiger partial charge in [0.05, 0.1) is 6.07 Å². The van der Waals surface area contributed by atoms with E-state index in [0.717, 1.165) is 13.0 Å². The van der Waals surface area contributed by atoms with Gasteiger partial charge in [-0.1, -0.05) is 67.6 Å². The predicted octanol–water partition coefficient (Wildman–Crippen LogP) is 3.71. The van der Waals surface area contributed by atoms with Gasteiger partial charge in [0.15, 0.2) is 0 Å². The Bertz CT molecular complexity index is 503. The Morgan fingerprint density at radius 3 is 1.85 bits per heavy atom. The lowest BCUT2D eigenvalue weighted by atomic mass is 9.85. The first-order chi connectivity index (χ1) is 9.86. The van der Waals surface area contributed by atoms with Crippen LogP contribution >= 0.6 is 0 Å².